The summed E-state index contributed by atoms with van der Waals surface area (Å²) in [7, 11) is 0. The summed E-state index contributed by atoms with van der Waals surface area (Å²) in [5.41, 5.74) is 2.41. The largest absolute Gasteiger partial charge is 0.265 e. The summed E-state index contributed by atoms with van der Waals surface area (Å²) < 4.78 is 0. The normalized spacial score (nSPS) is 10.5. The van der Waals surface area contributed by atoms with Gasteiger partial charge in [-0.15, -0.1) is 0 Å². The minimum absolute atomic E-state index is 0. The van der Waals surface area contributed by atoms with Gasteiger partial charge in [-0.05, 0) is 51.6 Å². The van der Waals surface area contributed by atoms with Crippen LogP contribution in [-0.2, 0) is 0 Å². The summed E-state index contributed by atoms with van der Waals surface area (Å²) in [6.07, 6.45) is 7.46. The van der Waals surface area contributed by atoms with Crippen LogP contribution in [0.1, 0.15) is 0 Å². The van der Waals surface area contributed by atoms with Crippen LogP contribution < -0.4 is 0 Å². The zero-order chi connectivity index (χ0) is 13.4. The molecule has 0 fully saturated rings. The van der Waals surface area contributed by atoms with Crippen LogP contribution in [0, 0.1) is 0 Å². The zero-order valence-electron chi connectivity index (χ0n) is 10.8. The van der Waals surface area contributed by atoms with Crippen molar-refractivity contribution in [3.63, 3.8) is 0 Å². The van der Waals surface area contributed by atoms with Crippen molar-refractivity contribution in [2.24, 2.45) is 0 Å². The van der Waals surface area contributed by atoms with Crippen molar-refractivity contribution in [2.75, 3.05) is 0 Å². The third-order valence-corrected chi connectivity index (χ3v) is 3.65. The van der Waals surface area contributed by atoms with Crippen molar-refractivity contribution >= 4 is 51.1 Å². The first kappa shape index (κ1) is 14.2. The van der Waals surface area contributed by atoms with Gasteiger partial charge in [0, 0.05) is 30.2 Å². The summed E-state index contributed by atoms with van der Waals surface area (Å²) in [6.45, 7) is 0. The van der Waals surface area contributed by atoms with Gasteiger partial charge in [0.1, 0.15) is 0 Å². The first-order chi connectivity index (χ1) is 9.93. The van der Waals surface area contributed by atoms with Gasteiger partial charge in [0.15, 0.2) is 0 Å². The van der Waals surface area contributed by atoms with Crippen molar-refractivity contribution in [3.05, 3.63) is 73.3 Å². The molecule has 96 valence electrons. The van der Waals surface area contributed by atoms with Gasteiger partial charge in [-0.1, -0.05) is 24.3 Å². The number of aromatic nitrogens is 2. The standard InChI is InChI=1S/C18H12N2.Na.H/c1-2-4-15-14(3-1)11-17(13-5-8-19-9-6-13)16-7-10-20-12-18(15)16;;/h1-12H;;. The zero-order valence-corrected chi connectivity index (χ0v) is 10.8. The number of benzene rings is 2. The Labute approximate surface area is 145 Å². The predicted molar refractivity (Wildman–Crippen MR) is 89.6 cm³/mol. The maximum atomic E-state index is 4.29. The van der Waals surface area contributed by atoms with Crippen molar-refractivity contribution < 1.29 is 0 Å². The molecule has 0 aliphatic carbocycles. The van der Waals surface area contributed by atoms with Crippen molar-refractivity contribution in [1.29, 1.82) is 0 Å². The Bertz CT molecular complexity index is 904. The Kier molecular flexibility index (Phi) is 4.02. The summed E-state index contributed by atoms with van der Waals surface area (Å²) in [5.74, 6) is 0. The average molecular weight is 280 g/mol. The molecule has 0 amide bonds. The van der Waals surface area contributed by atoms with Gasteiger partial charge in [0.2, 0.25) is 0 Å². The number of nitrogens with zero attached hydrogens (tertiary/aromatic N) is 2. The molecule has 21 heavy (non-hydrogen) atoms. The molecule has 2 heterocycles. The van der Waals surface area contributed by atoms with Crippen molar-refractivity contribution in [3.8, 4) is 11.1 Å². The molecule has 2 aromatic carbocycles. The Balaban J connectivity index is 0.00000132. The van der Waals surface area contributed by atoms with E-state index in [0.29, 0.717) is 0 Å². The van der Waals surface area contributed by atoms with Gasteiger partial charge in [-0.25, -0.2) is 0 Å². The van der Waals surface area contributed by atoms with E-state index in [1.807, 2.05) is 36.9 Å². The second kappa shape index (κ2) is 5.94. The van der Waals surface area contributed by atoms with E-state index in [1.54, 1.807) is 0 Å². The van der Waals surface area contributed by atoms with E-state index >= 15 is 0 Å². The van der Waals surface area contributed by atoms with E-state index < -0.39 is 0 Å². The van der Waals surface area contributed by atoms with E-state index in [-0.39, 0.29) is 29.6 Å². The van der Waals surface area contributed by atoms with E-state index in [0.717, 1.165) is 0 Å². The summed E-state index contributed by atoms with van der Waals surface area (Å²) >= 11 is 0. The molecule has 4 aromatic rings. The molecule has 0 saturated carbocycles. The Hall–Kier alpha value is -1.74. The fourth-order valence-electron chi connectivity index (χ4n) is 2.72. The van der Waals surface area contributed by atoms with Crippen LogP contribution >= 0.6 is 0 Å². The first-order valence-corrected chi connectivity index (χ1v) is 6.59. The minimum Gasteiger partial charge on any atom is -0.265 e. The third-order valence-electron chi connectivity index (χ3n) is 3.65. The number of fused-ring (bicyclic) bond motifs is 3. The topological polar surface area (TPSA) is 25.8 Å². The molecule has 0 bridgehead atoms. The molecule has 2 aromatic heterocycles. The summed E-state index contributed by atoms with van der Waals surface area (Å²) in [4.78, 5) is 8.39. The smallest absolute Gasteiger partial charge is 0.0352 e. The molecule has 2 nitrogen and oxygen atoms in total. The van der Waals surface area contributed by atoms with Crippen LogP contribution in [0.5, 0.6) is 0 Å². The first-order valence-electron chi connectivity index (χ1n) is 6.59. The Morgan fingerprint density at radius 1 is 0.667 bits per heavy atom. The molecule has 0 atom stereocenters. The number of pyridine rings is 2. The van der Waals surface area contributed by atoms with Crippen LogP contribution in [0.2, 0.25) is 0 Å². The molecule has 0 aliphatic heterocycles. The maximum absolute atomic E-state index is 4.29. The molecule has 0 saturated heterocycles. The molecule has 0 radical (unpaired) electrons. The molecule has 0 spiro atoms. The van der Waals surface area contributed by atoms with E-state index in [1.165, 1.54) is 32.7 Å². The van der Waals surface area contributed by atoms with E-state index in [2.05, 4.69) is 46.4 Å². The molecule has 4 rings (SSSR count). The maximum Gasteiger partial charge on any atom is 0.0352 e. The quantitative estimate of drug-likeness (QED) is 0.391. The van der Waals surface area contributed by atoms with E-state index in [9.17, 15) is 0 Å². The van der Waals surface area contributed by atoms with Gasteiger partial charge in [0.05, 0.1) is 0 Å². The van der Waals surface area contributed by atoms with Crippen LogP contribution in [0.4, 0.5) is 0 Å². The molecular weight excluding hydrogens is 267 g/mol. The fourth-order valence-corrected chi connectivity index (χ4v) is 2.72. The SMILES string of the molecule is [NaH].c1ccc2c(c1)cc(-c1ccncc1)c1ccncc12. The fraction of sp³-hybridized carbons (Fsp3) is 0. The molecule has 0 unspecified atom stereocenters. The van der Waals surface area contributed by atoms with Crippen LogP contribution in [0.25, 0.3) is 32.7 Å². The second-order valence-corrected chi connectivity index (χ2v) is 4.80. The van der Waals surface area contributed by atoms with Crippen LogP contribution in [0.3, 0.4) is 0 Å². The molecule has 3 heteroatoms. The third kappa shape index (κ3) is 2.46. The van der Waals surface area contributed by atoms with Crippen molar-refractivity contribution in [2.45, 2.75) is 0 Å². The average Bonchev–Trinajstić information content (AvgIpc) is 2.55. The Morgan fingerprint density at radius 2 is 1.43 bits per heavy atom. The van der Waals surface area contributed by atoms with E-state index in [4.69, 9.17) is 0 Å². The summed E-state index contributed by atoms with van der Waals surface area (Å²) in [6, 6.07) is 16.8. The Morgan fingerprint density at radius 3 is 2.29 bits per heavy atom. The minimum atomic E-state index is 0. The van der Waals surface area contributed by atoms with Gasteiger partial charge < -0.3 is 0 Å². The number of hydrogen-bond donors (Lipinski definition) is 0. The predicted octanol–water partition coefficient (Wildman–Crippen LogP) is 3.80. The molecule has 0 N–H and O–H groups in total. The monoisotopic (exact) mass is 280 g/mol. The van der Waals surface area contributed by atoms with Gasteiger partial charge >= 0.3 is 29.6 Å². The van der Waals surface area contributed by atoms with Gasteiger partial charge in [-0.2, -0.15) is 0 Å². The summed E-state index contributed by atoms with van der Waals surface area (Å²) in [5, 5.41) is 4.90. The van der Waals surface area contributed by atoms with Crippen LogP contribution in [-0.4, -0.2) is 39.5 Å². The molecule has 0 aliphatic rings. The van der Waals surface area contributed by atoms with Gasteiger partial charge in [0.25, 0.3) is 0 Å². The second-order valence-electron chi connectivity index (χ2n) is 4.80. The van der Waals surface area contributed by atoms with Crippen molar-refractivity contribution in [1.82, 2.24) is 9.97 Å². The van der Waals surface area contributed by atoms with Gasteiger partial charge in [-0.3, -0.25) is 9.97 Å². The number of rotatable bonds is 1. The number of hydrogen-bond acceptors (Lipinski definition) is 2. The molecular formula is C18H13N2Na. The van der Waals surface area contributed by atoms with Crippen LogP contribution in [0.15, 0.2) is 73.3 Å².